The molecule has 0 fully saturated rings. The molecule has 0 saturated heterocycles. The Bertz CT molecular complexity index is 1000. The lowest BCUT2D eigenvalue weighted by Crippen LogP contribution is -2.21. The van der Waals surface area contributed by atoms with Crippen LogP contribution in [0.25, 0.3) is 0 Å². The normalized spacial score (nSPS) is 10.6. The number of pyridine rings is 1. The van der Waals surface area contributed by atoms with Gasteiger partial charge in [-0.1, -0.05) is 36.0 Å². The van der Waals surface area contributed by atoms with Crippen molar-refractivity contribution in [1.29, 1.82) is 0 Å². The minimum Gasteiger partial charge on any atom is -0.452 e. The average molecular weight is 411 g/mol. The summed E-state index contributed by atoms with van der Waals surface area (Å²) in [7, 11) is 0. The molecule has 2 aromatic heterocycles. The van der Waals surface area contributed by atoms with E-state index in [4.69, 9.17) is 9.26 Å². The van der Waals surface area contributed by atoms with E-state index in [0.717, 1.165) is 23.4 Å². The predicted molar refractivity (Wildman–Crippen MR) is 110 cm³/mol. The van der Waals surface area contributed by atoms with Crippen LogP contribution in [0.4, 0.5) is 5.69 Å². The van der Waals surface area contributed by atoms with Crippen molar-refractivity contribution in [2.45, 2.75) is 31.0 Å². The third-order valence-corrected chi connectivity index (χ3v) is 5.02. The van der Waals surface area contributed by atoms with Gasteiger partial charge in [-0.3, -0.25) is 4.79 Å². The second kappa shape index (κ2) is 9.88. The third-order valence-electron chi connectivity index (χ3n) is 3.98. The average Bonchev–Trinajstić information content (AvgIpc) is 3.16. The first-order valence-corrected chi connectivity index (χ1v) is 10.1. The topological polar surface area (TPSA) is 94.3 Å². The lowest BCUT2D eigenvalue weighted by molar-refractivity contribution is -0.119. The molecule has 0 bridgehead atoms. The zero-order valence-corrected chi connectivity index (χ0v) is 17.0. The fourth-order valence-corrected chi connectivity index (χ4v) is 3.43. The number of benzene rings is 1. The second-order valence-corrected chi connectivity index (χ2v) is 7.22. The molecule has 2 heterocycles. The molecule has 0 unspecified atom stereocenters. The van der Waals surface area contributed by atoms with Crippen LogP contribution in [0.1, 0.15) is 34.3 Å². The van der Waals surface area contributed by atoms with Gasteiger partial charge in [0.1, 0.15) is 10.8 Å². The van der Waals surface area contributed by atoms with E-state index in [9.17, 15) is 9.59 Å². The van der Waals surface area contributed by atoms with Gasteiger partial charge < -0.3 is 14.6 Å². The number of rotatable bonds is 8. The highest BCUT2D eigenvalue weighted by atomic mass is 32.2. The van der Waals surface area contributed by atoms with E-state index in [1.807, 2.05) is 38.1 Å². The van der Waals surface area contributed by atoms with Gasteiger partial charge in [0.15, 0.2) is 6.61 Å². The highest BCUT2D eigenvalue weighted by Gasteiger charge is 2.16. The Morgan fingerprint density at radius 3 is 2.83 bits per heavy atom. The fraction of sp³-hybridized carbons (Fsp3) is 0.238. The Morgan fingerprint density at radius 1 is 1.21 bits per heavy atom. The maximum Gasteiger partial charge on any atom is 0.341 e. The summed E-state index contributed by atoms with van der Waals surface area (Å²) in [6.07, 6.45) is 2.47. The van der Waals surface area contributed by atoms with Gasteiger partial charge in [-0.05, 0) is 43.2 Å². The Hall–Kier alpha value is -3.13. The molecule has 0 aliphatic heterocycles. The van der Waals surface area contributed by atoms with Crippen LogP contribution in [-0.2, 0) is 21.7 Å². The summed E-state index contributed by atoms with van der Waals surface area (Å²) < 4.78 is 10.2. The van der Waals surface area contributed by atoms with Gasteiger partial charge in [0, 0.05) is 23.7 Å². The van der Waals surface area contributed by atoms with Gasteiger partial charge in [0.2, 0.25) is 0 Å². The molecule has 1 aromatic carbocycles. The number of aromatic nitrogens is 2. The van der Waals surface area contributed by atoms with Gasteiger partial charge in [-0.2, -0.15) is 0 Å². The van der Waals surface area contributed by atoms with E-state index in [0.29, 0.717) is 22.0 Å². The van der Waals surface area contributed by atoms with Gasteiger partial charge >= 0.3 is 5.97 Å². The molecule has 3 rings (SSSR count). The standard InChI is InChI=1S/C21H21N3O4S/c1-3-15-6-4-7-16(11-15)23-19(25)12-27-21(26)18-8-5-9-22-20(18)29-13-17-10-14(2)28-24-17/h4-11H,3,12-13H2,1-2H3,(H,23,25). The molecule has 29 heavy (non-hydrogen) atoms. The number of ether oxygens (including phenoxy) is 1. The molecule has 3 aromatic rings. The lowest BCUT2D eigenvalue weighted by atomic mass is 10.1. The second-order valence-electron chi connectivity index (χ2n) is 6.25. The summed E-state index contributed by atoms with van der Waals surface area (Å²) in [6, 6.07) is 12.6. The van der Waals surface area contributed by atoms with Crippen molar-refractivity contribution in [1.82, 2.24) is 10.1 Å². The Morgan fingerprint density at radius 2 is 2.07 bits per heavy atom. The molecular formula is C21H21N3O4S. The van der Waals surface area contributed by atoms with E-state index >= 15 is 0 Å². The van der Waals surface area contributed by atoms with E-state index < -0.39 is 11.9 Å². The predicted octanol–water partition coefficient (Wildman–Crippen LogP) is 4.03. The monoisotopic (exact) mass is 411 g/mol. The number of carbonyl (C=O) groups is 2. The van der Waals surface area contributed by atoms with Crippen molar-refractivity contribution < 1.29 is 18.8 Å². The van der Waals surface area contributed by atoms with Crippen molar-refractivity contribution in [2.75, 3.05) is 11.9 Å². The van der Waals surface area contributed by atoms with E-state index in [-0.39, 0.29) is 6.61 Å². The minimum atomic E-state index is -0.602. The number of esters is 1. The number of carbonyl (C=O) groups excluding carboxylic acids is 2. The molecule has 0 radical (unpaired) electrons. The third kappa shape index (κ3) is 5.92. The van der Waals surface area contributed by atoms with Crippen molar-refractivity contribution in [3.8, 4) is 0 Å². The van der Waals surface area contributed by atoms with Gasteiger partial charge in [-0.25, -0.2) is 9.78 Å². The van der Waals surface area contributed by atoms with Crippen LogP contribution < -0.4 is 5.32 Å². The van der Waals surface area contributed by atoms with Gasteiger partial charge in [-0.15, -0.1) is 0 Å². The summed E-state index contributed by atoms with van der Waals surface area (Å²) in [5, 5.41) is 7.16. The van der Waals surface area contributed by atoms with Crippen LogP contribution in [0.2, 0.25) is 0 Å². The Labute approximate surface area is 172 Å². The lowest BCUT2D eigenvalue weighted by Gasteiger charge is -2.09. The number of aryl methyl sites for hydroxylation is 2. The molecule has 0 aliphatic rings. The minimum absolute atomic E-state index is 0.304. The quantitative estimate of drug-likeness (QED) is 0.442. The van der Waals surface area contributed by atoms with Crippen LogP contribution in [0.3, 0.4) is 0 Å². The molecule has 0 saturated carbocycles. The number of anilines is 1. The fourth-order valence-electron chi connectivity index (χ4n) is 2.56. The Kier molecular flexibility index (Phi) is 7.02. The molecule has 0 aliphatic carbocycles. The van der Waals surface area contributed by atoms with E-state index in [1.165, 1.54) is 11.8 Å². The molecule has 0 atom stereocenters. The number of amides is 1. The van der Waals surface area contributed by atoms with Crippen molar-refractivity contribution >= 4 is 29.3 Å². The maximum atomic E-state index is 12.4. The molecular weight excluding hydrogens is 390 g/mol. The number of thioether (sulfide) groups is 1. The SMILES string of the molecule is CCc1cccc(NC(=O)COC(=O)c2cccnc2SCc2cc(C)on2)c1. The van der Waals surface area contributed by atoms with Crippen molar-refractivity contribution in [3.05, 3.63) is 71.2 Å². The van der Waals surface area contributed by atoms with Crippen molar-refractivity contribution in [3.63, 3.8) is 0 Å². The molecule has 150 valence electrons. The molecule has 7 nitrogen and oxygen atoms in total. The molecule has 0 spiro atoms. The summed E-state index contributed by atoms with van der Waals surface area (Å²) in [6.45, 7) is 3.47. The first-order chi connectivity index (χ1) is 14.0. The van der Waals surface area contributed by atoms with Crippen molar-refractivity contribution in [2.24, 2.45) is 0 Å². The number of hydrogen-bond donors (Lipinski definition) is 1. The highest BCUT2D eigenvalue weighted by Crippen LogP contribution is 2.24. The number of nitrogens with zero attached hydrogens (tertiary/aromatic N) is 2. The molecule has 8 heteroatoms. The van der Waals surface area contributed by atoms with Crippen LogP contribution in [0, 0.1) is 6.92 Å². The first-order valence-electron chi connectivity index (χ1n) is 9.11. The number of hydrogen-bond acceptors (Lipinski definition) is 7. The summed E-state index contributed by atoms with van der Waals surface area (Å²) in [4.78, 5) is 28.8. The first kappa shape index (κ1) is 20.6. The zero-order valence-electron chi connectivity index (χ0n) is 16.2. The Balaban J connectivity index is 1.56. The van der Waals surface area contributed by atoms with Crippen LogP contribution in [0.5, 0.6) is 0 Å². The van der Waals surface area contributed by atoms with E-state index in [1.54, 1.807) is 24.4 Å². The van der Waals surface area contributed by atoms with Gasteiger partial charge in [0.05, 0.1) is 11.3 Å². The maximum absolute atomic E-state index is 12.4. The molecule has 1 amide bonds. The zero-order chi connectivity index (χ0) is 20.6. The van der Waals surface area contributed by atoms with E-state index in [2.05, 4.69) is 15.5 Å². The van der Waals surface area contributed by atoms with Crippen LogP contribution >= 0.6 is 11.8 Å². The largest absolute Gasteiger partial charge is 0.452 e. The molecule has 1 N–H and O–H groups in total. The summed E-state index contributed by atoms with van der Waals surface area (Å²) in [5.41, 5.74) is 2.84. The summed E-state index contributed by atoms with van der Waals surface area (Å²) >= 11 is 1.35. The van der Waals surface area contributed by atoms with Gasteiger partial charge in [0.25, 0.3) is 5.91 Å². The highest BCUT2D eigenvalue weighted by molar-refractivity contribution is 7.98. The smallest absolute Gasteiger partial charge is 0.341 e. The van der Waals surface area contributed by atoms with Crippen LogP contribution in [-0.4, -0.2) is 28.6 Å². The van der Waals surface area contributed by atoms with Crippen LogP contribution in [0.15, 0.2) is 58.2 Å². The number of nitrogens with one attached hydrogen (secondary N) is 1. The summed E-state index contributed by atoms with van der Waals surface area (Å²) in [5.74, 6) is 0.219.